The molecule has 0 saturated carbocycles. The Morgan fingerprint density at radius 3 is 2.58 bits per heavy atom. The zero-order chi connectivity index (χ0) is 31.5. The maximum absolute atomic E-state index is 14.7. The molecule has 2 atom stereocenters. The van der Waals surface area contributed by atoms with Gasteiger partial charge in [-0.15, -0.1) is 0 Å². The Bertz CT molecular complexity index is 1530. The van der Waals surface area contributed by atoms with Gasteiger partial charge in [-0.2, -0.15) is 0 Å². The molecule has 3 heterocycles. The molecule has 43 heavy (non-hydrogen) atoms. The van der Waals surface area contributed by atoms with E-state index in [0.29, 0.717) is 41.6 Å². The van der Waals surface area contributed by atoms with E-state index >= 15 is 0 Å². The number of carbonyl (C=O) groups is 2. The molecule has 1 amide bonds. The second kappa shape index (κ2) is 13.0. The molecule has 1 fully saturated rings. The van der Waals surface area contributed by atoms with Crippen LogP contribution in [0.15, 0.2) is 48.5 Å². The van der Waals surface area contributed by atoms with Crippen molar-refractivity contribution in [1.82, 2.24) is 9.97 Å². The fraction of sp³-hybridized carbons (Fsp3) is 0.400. The summed E-state index contributed by atoms with van der Waals surface area (Å²) in [7, 11) is 0. The van der Waals surface area contributed by atoms with Crippen LogP contribution in [-0.2, 0) is 20.8 Å². The Balaban J connectivity index is 1.84. The first-order chi connectivity index (χ1) is 20.2. The Kier molecular flexibility index (Phi) is 9.65. The van der Waals surface area contributed by atoms with Crippen LogP contribution < -0.4 is 19.7 Å². The molecule has 0 aliphatic carbocycles. The van der Waals surface area contributed by atoms with Crippen LogP contribution in [0, 0.1) is 11.7 Å². The van der Waals surface area contributed by atoms with Crippen molar-refractivity contribution in [2.24, 2.45) is 5.92 Å². The lowest BCUT2D eigenvalue weighted by atomic mass is 10.1. The van der Waals surface area contributed by atoms with Crippen LogP contribution in [0.2, 0.25) is 0 Å². The number of esters is 1. The first kappa shape index (κ1) is 31.8. The molecule has 3 aromatic rings. The molecule has 0 radical (unpaired) electrons. The molecule has 13 heteroatoms. The molecular formula is C30H35FN5O6S-. The van der Waals surface area contributed by atoms with Gasteiger partial charge in [0.05, 0.1) is 29.1 Å². The third-order valence-corrected chi connectivity index (χ3v) is 7.01. The highest BCUT2D eigenvalue weighted by molar-refractivity contribution is 7.81. The molecule has 1 saturated heterocycles. The van der Waals surface area contributed by atoms with Gasteiger partial charge < -0.3 is 24.7 Å². The smallest absolute Gasteiger partial charge is 0.329 e. The average Bonchev–Trinajstić information content (AvgIpc) is 3.40. The Morgan fingerprint density at radius 2 is 1.93 bits per heavy atom. The summed E-state index contributed by atoms with van der Waals surface area (Å²) < 4.78 is 51.1. The number of aromatic nitrogens is 2. The summed E-state index contributed by atoms with van der Waals surface area (Å²) in [6.45, 7) is 9.91. The zero-order valence-corrected chi connectivity index (χ0v) is 25.5. The molecule has 2 aromatic heterocycles. The number of anilines is 3. The zero-order valence-electron chi connectivity index (χ0n) is 24.7. The van der Waals surface area contributed by atoms with Crippen LogP contribution in [0.4, 0.5) is 21.8 Å². The minimum absolute atomic E-state index is 0.0144. The van der Waals surface area contributed by atoms with E-state index in [1.54, 1.807) is 31.7 Å². The fourth-order valence-electron chi connectivity index (χ4n) is 4.60. The molecule has 1 aromatic carbocycles. The first-order valence-corrected chi connectivity index (χ1v) is 14.9. The minimum Gasteiger partial charge on any atom is -0.755 e. The highest BCUT2D eigenvalue weighted by atomic mass is 32.2. The number of pyridine rings is 2. The van der Waals surface area contributed by atoms with Gasteiger partial charge >= 0.3 is 5.97 Å². The maximum Gasteiger partial charge on any atom is 0.329 e. The van der Waals surface area contributed by atoms with Crippen molar-refractivity contribution < 1.29 is 32.2 Å². The van der Waals surface area contributed by atoms with Crippen LogP contribution >= 0.6 is 0 Å². The van der Waals surface area contributed by atoms with Gasteiger partial charge in [0.25, 0.3) is 5.91 Å². The molecule has 4 rings (SSSR count). The van der Waals surface area contributed by atoms with Gasteiger partial charge in [0.2, 0.25) is 0 Å². The molecule has 11 nitrogen and oxygen atoms in total. The number of nitrogens with zero attached hydrogens (tertiary/aromatic N) is 4. The van der Waals surface area contributed by atoms with E-state index in [1.807, 2.05) is 13.8 Å². The third kappa shape index (κ3) is 7.85. The van der Waals surface area contributed by atoms with Crippen LogP contribution in [0.5, 0.6) is 5.75 Å². The van der Waals surface area contributed by atoms with Gasteiger partial charge in [-0.05, 0) is 75.9 Å². The molecule has 1 aliphatic heterocycles. The highest BCUT2D eigenvalue weighted by Crippen LogP contribution is 2.34. The van der Waals surface area contributed by atoms with Crippen LogP contribution in [-0.4, -0.2) is 55.4 Å². The quantitative estimate of drug-likeness (QED) is 0.267. The highest BCUT2D eigenvalue weighted by Gasteiger charge is 2.38. The lowest BCUT2D eigenvalue weighted by Gasteiger charge is -2.30. The van der Waals surface area contributed by atoms with E-state index in [-0.39, 0.29) is 34.6 Å². The monoisotopic (exact) mass is 612 g/mol. The molecule has 0 bridgehead atoms. The number of nitrogens with two attached hydrogens (primary N) is 1. The number of hydrogen-bond acceptors (Lipinski definition) is 10. The summed E-state index contributed by atoms with van der Waals surface area (Å²) in [4.78, 5) is 37.4. The Hall–Kier alpha value is -4.10. The number of rotatable bonds is 9. The molecule has 1 unspecified atom stereocenters. The minimum atomic E-state index is -3.08. The van der Waals surface area contributed by atoms with E-state index in [0.717, 1.165) is 0 Å². The lowest BCUT2D eigenvalue weighted by molar-refractivity contribution is -0.156. The lowest BCUT2D eigenvalue weighted by Crippen LogP contribution is -2.42. The molecule has 230 valence electrons. The summed E-state index contributed by atoms with van der Waals surface area (Å²) in [5.41, 5.74) is 5.53. The van der Waals surface area contributed by atoms with Gasteiger partial charge in [-0.25, -0.2) is 23.5 Å². The van der Waals surface area contributed by atoms with Gasteiger partial charge in [-0.3, -0.25) is 9.00 Å². The molecule has 1 aliphatic rings. The van der Waals surface area contributed by atoms with Crippen LogP contribution in [0.3, 0.4) is 0 Å². The normalized spacial score (nSPS) is 15.8. The summed E-state index contributed by atoms with van der Waals surface area (Å²) in [5.74, 6) is -1.65. The average molecular weight is 613 g/mol. The van der Waals surface area contributed by atoms with Crippen molar-refractivity contribution >= 4 is 40.6 Å². The van der Waals surface area contributed by atoms with Crippen molar-refractivity contribution in [2.45, 2.75) is 59.1 Å². The SMILES string of the molecule is CC(C)COc1cc(F)cc(-c2ccc(C(=O)N(c3cccc(N)n3)S(=O)[O-])c(N3CCC[C@@H]3C(=O)OC(C)(C)C)n2)c1. The fourth-order valence-corrected chi connectivity index (χ4v) is 5.09. The number of hydrogen-bond donors (Lipinski definition) is 1. The van der Waals surface area contributed by atoms with E-state index in [9.17, 15) is 22.7 Å². The second-order valence-corrected chi connectivity index (χ2v) is 12.4. The number of halogens is 1. The Labute approximate surface area is 252 Å². The summed E-state index contributed by atoms with van der Waals surface area (Å²) in [6, 6.07) is 10.5. The molecular weight excluding hydrogens is 577 g/mol. The van der Waals surface area contributed by atoms with Crippen molar-refractivity contribution in [1.29, 1.82) is 0 Å². The second-order valence-electron chi connectivity index (χ2n) is 11.6. The predicted molar refractivity (Wildman–Crippen MR) is 161 cm³/mol. The standard InChI is InChI=1S/C30H36FN5O6S/c1-18(2)17-41-21-15-19(14-20(31)16-21)23-12-11-22(28(37)36(43(39)40)26-10-6-9-25(32)34-26)27(33-23)35-13-7-8-24(35)29(38)42-30(3,4)5/h6,9-12,14-16,18,24H,7-8,13,17H2,1-5H3,(H2,32,34)(H,39,40)/p-1/t24-/m1/s1. The first-order valence-electron chi connectivity index (χ1n) is 13.8. The predicted octanol–water partition coefficient (Wildman–Crippen LogP) is 4.65. The van der Waals surface area contributed by atoms with Gasteiger partial charge in [0.1, 0.15) is 40.7 Å². The van der Waals surface area contributed by atoms with E-state index in [4.69, 9.17) is 20.2 Å². The van der Waals surface area contributed by atoms with E-state index in [1.165, 1.54) is 42.5 Å². The van der Waals surface area contributed by atoms with Crippen molar-refractivity contribution in [3.63, 3.8) is 0 Å². The summed E-state index contributed by atoms with van der Waals surface area (Å²) in [6.07, 6.45) is 1.01. The molecule has 2 N–H and O–H groups in total. The largest absolute Gasteiger partial charge is 0.755 e. The van der Waals surface area contributed by atoms with E-state index in [2.05, 4.69) is 4.98 Å². The number of ether oxygens (including phenoxy) is 2. The molecule has 0 spiro atoms. The third-order valence-electron chi connectivity index (χ3n) is 6.36. The van der Waals surface area contributed by atoms with E-state index < -0.39 is 40.6 Å². The van der Waals surface area contributed by atoms with Gasteiger partial charge in [0, 0.05) is 18.2 Å². The number of carbonyl (C=O) groups excluding carboxylic acids is 2. The van der Waals surface area contributed by atoms with Gasteiger partial charge in [-0.1, -0.05) is 19.9 Å². The maximum atomic E-state index is 14.7. The number of nitrogen functional groups attached to an aromatic ring is 1. The van der Waals surface area contributed by atoms with Crippen molar-refractivity contribution in [3.05, 3.63) is 59.9 Å². The Morgan fingerprint density at radius 1 is 1.19 bits per heavy atom. The van der Waals surface area contributed by atoms with Crippen molar-refractivity contribution in [2.75, 3.05) is 28.1 Å². The van der Waals surface area contributed by atoms with Crippen LogP contribution in [0.1, 0.15) is 57.8 Å². The number of benzene rings is 1. The summed E-state index contributed by atoms with van der Waals surface area (Å²) in [5, 5.41) is 0. The van der Waals surface area contributed by atoms with Crippen molar-refractivity contribution in [3.8, 4) is 17.0 Å². The van der Waals surface area contributed by atoms with Gasteiger partial charge in [0.15, 0.2) is 0 Å². The summed E-state index contributed by atoms with van der Waals surface area (Å²) >= 11 is -3.08. The number of amides is 1. The topological polar surface area (TPSA) is 151 Å². The van der Waals surface area contributed by atoms with Crippen LogP contribution in [0.25, 0.3) is 11.3 Å².